The Bertz CT molecular complexity index is 574. The molecule has 6 heteroatoms. The van der Waals surface area contributed by atoms with Gasteiger partial charge in [0.15, 0.2) is 0 Å². The van der Waals surface area contributed by atoms with Crippen molar-refractivity contribution in [1.82, 2.24) is 5.32 Å². The van der Waals surface area contributed by atoms with Crippen LogP contribution in [0.2, 0.25) is 0 Å². The van der Waals surface area contributed by atoms with Gasteiger partial charge in [-0.3, -0.25) is 9.59 Å². The van der Waals surface area contributed by atoms with Crippen molar-refractivity contribution in [2.75, 3.05) is 13.2 Å². The number of nitrogens with two attached hydrogens (primary N) is 1. The number of rotatable bonds is 5. The minimum absolute atomic E-state index is 0.207. The molecule has 2 amide bonds. The number of amides is 2. The van der Waals surface area contributed by atoms with Crippen molar-refractivity contribution in [3.63, 3.8) is 0 Å². The van der Waals surface area contributed by atoms with Gasteiger partial charge in [0.1, 0.15) is 6.04 Å². The molecule has 0 bridgehead atoms. The lowest BCUT2D eigenvalue weighted by Gasteiger charge is -2.18. The molecule has 0 aromatic heterocycles. The summed E-state index contributed by atoms with van der Waals surface area (Å²) in [5.41, 5.74) is 6.52. The van der Waals surface area contributed by atoms with Crippen LogP contribution in [0.1, 0.15) is 17.5 Å². The van der Waals surface area contributed by atoms with Crippen LogP contribution < -0.4 is 11.1 Å². The van der Waals surface area contributed by atoms with Gasteiger partial charge in [0.25, 0.3) is 0 Å². The number of ether oxygens (including phenoxy) is 1. The van der Waals surface area contributed by atoms with Gasteiger partial charge < -0.3 is 15.8 Å². The Labute approximate surface area is 122 Å². The molecule has 110 valence electrons. The maximum absolute atomic E-state index is 12.0. The molecular formula is C15H17N3O3. The third-order valence-corrected chi connectivity index (χ3v) is 3.52. The first-order valence-corrected chi connectivity index (χ1v) is 6.77. The van der Waals surface area contributed by atoms with Crippen LogP contribution in [0.15, 0.2) is 24.3 Å². The summed E-state index contributed by atoms with van der Waals surface area (Å²) in [6.45, 7) is 0.919. The number of hydrogen-bond donors (Lipinski definition) is 2. The fraction of sp³-hybridized carbons (Fsp3) is 0.400. The molecule has 1 aliphatic rings. The first kappa shape index (κ1) is 15.0. The summed E-state index contributed by atoms with van der Waals surface area (Å²) in [7, 11) is 0. The molecule has 1 fully saturated rings. The van der Waals surface area contributed by atoms with E-state index in [1.165, 1.54) is 0 Å². The number of benzene rings is 1. The molecule has 1 aliphatic heterocycles. The highest BCUT2D eigenvalue weighted by atomic mass is 16.5. The minimum Gasteiger partial charge on any atom is -0.381 e. The fourth-order valence-corrected chi connectivity index (χ4v) is 2.28. The minimum atomic E-state index is -0.826. The summed E-state index contributed by atoms with van der Waals surface area (Å²) in [4.78, 5) is 23.6. The van der Waals surface area contributed by atoms with Crippen molar-refractivity contribution < 1.29 is 14.3 Å². The van der Waals surface area contributed by atoms with Crippen molar-refractivity contribution in [1.29, 1.82) is 5.26 Å². The molecule has 21 heavy (non-hydrogen) atoms. The summed E-state index contributed by atoms with van der Waals surface area (Å²) >= 11 is 0. The zero-order valence-corrected chi connectivity index (χ0v) is 11.5. The molecule has 2 rings (SSSR count). The highest BCUT2D eigenvalue weighted by molar-refractivity contribution is 5.88. The van der Waals surface area contributed by atoms with E-state index in [0.717, 1.165) is 0 Å². The number of nitriles is 1. The smallest absolute Gasteiger partial charge is 0.240 e. The van der Waals surface area contributed by atoms with Gasteiger partial charge in [-0.05, 0) is 18.1 Å². The molecule has 1 aromatic carbocycles. The quantitative estimate of drug-likeness (QED) is 0.801. The maximum atomic E-state index is 12.0. The van der Waals surface area contributed by atoms with E-state index in [1.807, 2.05) is 0 Å². The second-order valence-electron chi connectivity index (χ2n) is 5.00. The summed E-state index contributed by atoms with van der Waals surface area (Å²) in [6, 6.07) is 8.18. The van der Waals surface area contributed by atoms with Crippen LogP contribution in [0.3, 0.4) is 0 Å². The molecule has 0 aliphatic carbocycles. The predicted molar refractivity (Wildman–Crippen MR) is 74.9 cm³/mol. The van der Waals surface area contributed by atoms with Crippen LogP contribution >= 0.6 is 0 Å². The summed E-state index contributed by atoms with van der Waals surface area (Å²) in [6.07, 6.45) is 0.852. The second kappa shape index (κ2) is 6.86. The third-order valence-electron chi connectivity index (χ3n) is 3.52. The van der Waals surface area contributed by atoms with Gasteiger partial charge in [0.05, 0.1) is 24.2 Å². The first-order valence-electron chi connectivity index (χ1n) is 6.77. The lowest BCUT2D eigenvalue weighted by Crippen LogP contribution is -2.48. The van der Waals surface area contributed by atoms with Gasteiger partial charge in [0, 0.05) is 13.0 Å². The molecule has 0 saturated carbocycles. The van der Waals surface area contributed by atoms with Crippen LogP contribution in [0.25, 0.3) is 0 Å². The molecule has 0 radical (unpaired) electrons. The van der Waals surface area contributed by atoms with Crippen molar-refractivity contribution in [3.05, 3.63) is 35.4 Å². The van der Waals surface area contributed by atoms with Crippen LogP contribution in [0, 0.1) is 17.2 Å². The number of primary amides is 1. The van der Waals surface area contributed by atoms with E-state index in [4.69, 9.17) is 15.7 Å². The highest BCUT2D eigenvalue weighted by Gasteiger charge is 2.27. The van der Waals surface area contributed by atoms with Crippen LogP contribution in [0.4, 0.5) is 0 Å². The van der Waals surface area contributed by atoms with Crippen molar-refractivity contribution in [3.8, 4) is 6.07 Å². The van der Waals surface area contributed by atoms with E-state index in [9.17, 15) is 9.59 Å². The molecule has 3 N–H and O–H groups in total. The first-order chi connectivity index (χ1) is 10.1. The molecular weight excluding hydrogens is 270 g/mol. The Morgan fingerprint density at radius 2 is 2.24 bits per heavy atom. The van der Waals surface area contributed by atoms with Crippen LogP contribution in [-0.2, 0) is 20.7 Å². The molecule has 0 unspecified atom stereocenters. The van der Waals surface area contributed by atoms with E-state index >= 15 is 0 Å². The van der Waals surface area contributed by atoms with Gasteiger partial charge in [-0.2, -0.15) is 5.26 Å². The van der Waals surface area contributed by atoms with E-state index in [-0.39, 0.29) is 18.2 Å². The Morgan fingerprint density at radius 3 is 2.86 bits per heavy atom. The Hall–Kier alpha value is -2.39. The van der Waals surface area contributed by atoms with Crippen LogP contribution in [-0.4, -0.2) is 31.1 Å². The second-order valence-corrected chi connectivity index (χ2v) is 5.00. The van der Waals surface area contributed by atoms with E-state index in [0.29, 0.717) is 30.8 Å². The maximum Gasteiger partial charge on any atom is 0.240 e. The van der Waals surface area contributed by atoms with Crippen molar-refractivity contribution >= 4 is 11.8 Å². The van der Waals surface area contributed by atoms with Gasteiger partial charge in [-0.15, -0.1) is 0 Å². The summed E-state index contributed by atoms with van der Waals surface area (Å²) < 4.78 is 5.15. The zero-order chi connectivity index (χ0) is 15.2. The topological polar surface area (TPSA) is 105 Å². The number of carbonyl (C=O) groups excluding carboxylic acids is 2. The van der Waals surface area contributed by atoms with E-state index in [2.05, 4.69) is 11.4 Å². The van der Waals surface area contributed by atoms with Crippen molar-refractivity contribution in [2.45, 2.75) is 18.9 Å². The van der Waals surface area contributed by atoms with E-state index in [1.54, 1.807) is 24.3 Å². The standard InChI is InChI=1S/C15H17N3O3/c16-8-11-4-2-1-3-10(11)7-13(14(17)19)18-15(20)12-5-6-21-9-12/h1-4,12-13H,5-7,9H2,(H2,17,19)(H,18,20)/t12-,13+/m1/s1. The predicted octanol–water partition coefficient (Wildman–Crippen LogP) is 0.107. The molecule has 1 saturated heterocycles. The SMILES string of the molecule is N#Cc1ccccc1C[C@H](NC(=O)[C@@H]1CCOC1)C(N)=O. The fourth-order valence-electron chi connectivity index (χ4n) is 2.28. The van der Waals surface area contributed by atoms with Crippen LogP contribution in [0.5, 0.6) is 0 Å². The number of nitrogens with zero attached hydrogens (tertiary/aromatic N) is 1. The molecule has 6 nitrogen and oxygen atoms in total. The van der Waals surface area contributed by atoms with Gasteiger partial charge in [-0.25, -0.2) is 0 Å². The Morgan fingerprint density at radius 1 is 1.48 bits per heavy atom. The zero-order valence-electron chi connectivity index (χ0n) is 11.5. The Balaban J connectivity index is 2.07. The van der Waals surface area contributed by atoms with Gasteiger partial charge in [-0.1, -0.05) is 18.2 Å². The average Bonchev–Trinajstić information content (AvgIpc) is 3.01. The monoisotopic (exact) mass is 287 g/mol. The number of carbonyl (C=O) groups is 2. The molecule has 0 spiro atoms. The van der Waals surface area contributed by atoms with E-state index < -0.39 is 11.9 Å². The summed E-state index contributed by atoms with van der Waals surface area (Å²) in [5, 5.41) is 11.7. The van der Waals surface area contributed by atoms with Gasteiger partial charge >= 0.3 is 0 Å². The third kappa shape index (κ3) is 3.80. The molecule has 2 atom stereocenters. The largest absolute Gasteiger partial charge is 0.381 e. The number of nitrogens with one attached hydrogen (secondary N) is 1. The summed E-state index contributed by atoms with van der Waals surface area (Å²) in [5.74, 6) is -1.08. The number of hydrogen-bond acceptors (Lipinski definition) is 4. The lowest BCUT2D eigenvalue weighted by molar-refractivity contribution is -0.129. The van der Waals surface area contributed by atoms with Crippen molar-refractivity contribution in [2.24, 2.45) is 11.7 Å². The molecule has 1 heterocycles. The van der Waals surface area contributed by atoms with Gasteiger partial charge in [0.2, 0.25) is 11.8 Å². The lowest BCUT2D eigenvalue weighted by atomic mass is 9.99. The Kier molecular flexibility index (Phi) is 4.90. The highest BCUT2D eigenvalue weighted by Crippen LogP contribution is 2.14. The molecule has 1 aromatic rings. The normalized spacial score (nSPS) is 18.7. The average molecular weight is 287 g/mol.